The van der Waals surface area contributed by atoms with E-state index < -0.39 is 0 Å². The van der Waals surface area contributed by atoms with E-state index in [4.69, 9.17) is 4.74 Å². The zero-order valence-corrected chi connectivity index (χ0v) is 15.8. The van der Waals surface area contributed by atoms with E-state index in [2.05, 4.69) is 17.0 Å². The normalized spacial score (nSPS) is 17.8. The molecule has 2 aromatic rings. The van der Waals surface area contributed by atoms with Gasteiger partial charge in [0.2, 0.25) is 5.91 Å². The first-order chi connectivity index (χ1) is 12.5. The lowest BCUT2D eigenvalue weighted by atomic mass is 10.1. The van der Waals surface area contributed by atoms with Crippen LogP contribution in [-0.2, 0) is 4.79 Å². The van der Waals surface area contributed by atoms with Gasteiger partial charge in [-0.2, -0.15) is 0 Å². The van der Waals surface area contributed by atoms with Gasteiger partial charge in [-0.1, -0.05) is 31.7 Å². The summed E-state index contributed by atoms with van der Waals surface area (Å²) in [4.78, 5) is 24.9. The van der Waals surface area contributed by atoms with Gasteiger partial charge in [0.1, 0.15) is 18.2 Å². The van der Waals surface area contributed by atoms with E-state index in [1.807, 2.05) is 38.1 Å². The van der Waals surface area contributed by atoms with Crippen LogP contribution in [0.25, 0.3) is 0 Å². The highest BCUT2D eigenvalue weighted by atomic mass is 32.2. The second-order valence-corrected chi connectivity index (χ2v) is 7.33. The number of nitrogens with one attached hydrogen (secondary N) is 2. The molecule has 1 aromatic heterocycles. The summed E-state index contributed by atoms with van der Waals surface area (Å²) in [6.07, 6.45) is 2.54. The van der Waals surface area contributed by atoms with Gasteiger partial charge in [-0.3, -0.25) is 19.4 Å². The topological polar surface area (TPSA) is 76.1 Å². The summed E-state index contributed by atoms with van der Waals surface area (Å²) in [6.45, 7) is 8.14. The minimum atomic E-state index is -0.216. The number of aromatic amines is 1. The van der Waals surface area contributed by atoms with Crippen LogP contribution in [0.3, 0.4) is 0 Å². The lowest BCUT2D eigenvalue weighted by molar-refractivity contribution is -0.113. The van der Waals surface area contributed by atoms with Gasteiger partial charge in [0.25, 0.3) is 5.56 Å². The molecule has 0 saturated heterocycles. The van der Waals surface area contributed by atoms with E-state index in [1.54, 1.807) is 10.8 Å². The van der Waals surface area contributed by atoms with E-state index in [1.165, 1.54) is 11.8 Å². The van der Waals surface area contributed by atoms with Gasteiger partial charge in [-0.05, 0) is 31.0 Å². The Labute approximate surface area is 156 Å². The molecule has 0 saturated carbocycles. The second-order valence-electron chi connectivity index (χ2n) is 6.24. The van der Waals surface area contributed by atoms with Crippen molar-refractivity contribution < 1.29 is 9.53 Å². The number of ether oxygens (including phenoxy) is 1. The highest BCUT2D eigenvalue weighted by molar-refractivity contribution is 8.00. The van der Waals surface area contributed by atoms with Gasteiger partial charge in [-0.15, -0.1) is 11.8 Å². The molecule has 0 unspecified atom stereocenters. The number of fused-ring (bicyclic) bond motifs is 1. The van der Waals surface area contributed by atoms with Crippen LogP contribution in [-0.4, -0.2) is 28.0 Å². The lowest BCUT2D eigenvalue weighted by Gasteiger charge is -2.16. The van der Waals surface area contributed by atoms with Crippen LogP contribution in [0.5, 0.6) is 5.75 Å². The molecule has 26 heavy (non-hydrogen) atoms. The zero-order chi connectivity index (χ0) is 18.7. The summed E-state index contributed by atoms with van der Waals surface area (Å²) in [7, 11) is 0. The first kappa shape index (κ1) is 18.4. The predicted octanol–water partition coefficient (Wildman–Crippen LogP) is 3.49. The van der Waals surface area contributed by atoms with E-state index >= 15 is 0 Å². The van der Waals surface area contributed by atoms with E-state index in [0.717, 1.165) is 17.7 Å². The summed E-state index contributed by atoms with van der Waals surface area (Å²) in [5.74, 6) is 1.53. The Morgan fingerprint density at radius 2 is 2.12 bits per heavy atom. The van der Waals surface area contributed by atoms with E-state index in [9.17, 15) is 9.59 Å². The predicted molar refractivity (Wildman–Crippen MR) is 105 cm³/mol. The molecule has 0 radical (unpaired) electrons. The molecule has 0 spiro atoms. The van der Waals surface area contributed by atoms with Gasteiger partial charge in [0, 0.05) is 6.04 Å². The average Bonchev–Trinajstić information content (AvgIpc) is 2.85. The monoisotopic (exact) mass is 373 g/mol. The Morgan fingerprint density at radius 1 is 1.38 bits per heavy atom. The van der Waals surface area contributed by atoms with Gasteiger partial charge in [0.05, 0.1) is 16.6 Å². The Balaban J connectivity index is 2.02. The van der Waals surface area contributed by atoms with Crippen LogP contribution in [0.15, 0.2) is 41.7 Å². The van der Waals surface area contributed by atoms with Crippen LogP contribution in [0.1, 0.15) is 42.7 Å². The lowest BCUT2D eigenvalue weighted by Crippen LogP contribution is -2.18. The minimum Gasteiger partial charge on any atom is -0.490 e. The molecule has 1 aromatic carbocycles. The summed E-state index contributed by atoms with van der Waals surface area (Å²) in [6, 6.07) is 7.72. The summed E-state index contributed by atoms with van der Waals surface area (Å²) >= 11 is 1.46. The largest absolute Gasteiger partial charge is 0.490 e. The Morgan fingerprint density at radius 3 is 2.77 bits per heavy atom. The number of carbonyl (C=O) groups excluding carboxylic acids is 1. The number of aromatic nitrogens is 2. The Kier molecular flexibility index (Phi) is 5.56. The molecule has 2 heterocycles. The maximum atomic E-state index is 12.7. The number of hydrogen-bond donors (Lipinski definition) is 2. The third kappa shape index (κ3) is 3.58. The number of nitrogens with zero attached hydrogens (tertiary/aromatic N) is 1. The summed E-state index contributed by atoms with van der Waals surface area (Å²) in [5, 5.41) is 5.58. The molecule has 6 nitrogen and oxygen atoms in total. The highest BCUT2D eigenvalue weighted by Gasteiger charge is 2.31. The first-order valence-electron chi connectivity index (χ1n) is 8.64. The molecule has 0 fully saturated rings. The first-order valence-corrected chi connectivity index (χ1v) is 9.69. The summed E-state index contributed by atoms with van der Waals surface area (Å²) < 4.78 is 7.29. The molecular formula is C19H23N3O3S. The molecule has 3 rings (SSSR count). The van der Waals surface area contributed by atoms with Crippen LogP contribution < -0.4 is 15.6 Å². The molecule has 1 aliphatic rings. The fraction of sp³-hybridized carbons (Fsp3) is 0.368. The molecule has 0 aliphatic carbocycles. The van der Waals surface area contributed by atoms with Crippen LogP contribution in [0, 0.1) is 0 Å². The van der Waals surface area contributed by atoms with E-state index in [-0.39, 0.29) is 22.8 Å². The van der Waals surface area contributed by atoms with Crippen molar-refractivity contribution in [3.63, 3.8) is 0 Å². The van der Waals surface area contributed by atoms with Gasteiger partial charge in [0.15, 0.2) is 0 Å². The van der Waals surface area contributed by atoms with Crippen molar-refractivity contribution in [2.24, 2.45) is 0 Å². The maximum absolute atomic E-state index is 12.7. The minimum absolute atomic E-state index is 0.0881. The number of thioether (sulfide) groups is 1. The second kappa shape index (κ2) is 7.86. The van der Waals surface area contributed by atoms with Crippen LogP contribution >= 0.6 is 11.8 Å². The number of benzene rings is 1. The number of anilines is 1. The van der Waals surface area contributed by atoms with Crippen LogP contribution in [0.2, 0.25) is 0 Å². The molecule has 7 heteroatoms. The smallest absolute Gasteiger partial charge is 0.270 e. The van der Waals surface area contributed by atoms with Gasteiger partial charge >= 0.3 is 0 Å². The molecule has 1 aliphatic heterocycles. The SMILES string of the molecule is C=CCOc1ccc([C@@H]2SCC(=O)Nc3c2c(=O)[nH]n3[C@@H](C)CC)cc1. The van der Waals surface area contributed by atoms with Crippen molar-refractivity contribution in [1.82, 2.24) is 9.78 Å². The molecule has 2 N–H and O–H groups in total. The highest BCUT2D eigenvalue weighted by Crippen LogP contribution is 2.40. The Hall–Kier alpha value is -2.41. The number of rotatable bonds is 6. The van der Waals surface area contributed by atoms with Crippen molar-refractivity contribution >= 4 is 23.5 Å². The van der Waals surface area contributed by atoms with Crippen molar-refractivity contribution in [2.45, 2.75) is 31.6 Å². The third-order valence-corrected chi connectivity index (χ3v) is 5.72. The van der Waals surface area contributed by atoms with Crippen molar-refractivity contribution in [2.75, 3.05) is 17.7 Å². The molecule has 0 bridgehead atoms. The number of H-pyrrole nitrogens is 1. The number of carbonyl (C=O) groups is 1. The van der Waals surface area contributed by atoms with Crippen molar-refractivity contribution in [3.8, 4) is 5.75 Å². The van der Waals surface area contributed by atoms with Crippen molar-refractivity contribution in [1.29, 1.82) is 0 Å². The molecule has 2 atom stereocenters. The van der Waals surface area contributed by atoms with E-state index in [0.29, 0.717) is 23.7 Å². The number of hydrogen-bond acceptors (Lipinski definition) is 4. The molecule has 1 amide bonds. The van der Waals surface area contributed by atoms with Crippen LogP contribution in [0.4, 0.5) is 5.82 Å². The third-order valence-electron chi connectivity index (χ3n) is 4.45. The fourth-order valence-electron chi connectivity index (χ4n) is 2.91. The Bertz CT molecular complexity index is 854. The molecule has 138 valence electrons. The standard InChI is InChI=1S/C19H23N3O3S/c1-4-10-25-14-8-6-13(7-9-14)17-16-18(20-15(23)11-26-17)22(12(3)5-2)21-19(16)24/h4,6-9,12,17H,1,5,10-11H2,2-3H3,(H,20,23)(H,21,24)/t12-,17-/m0/s1. The maximum Gasteiger partial charge on any atom is 0.270 e. The van der Waals surface area contributed by atoms with Gasteiger partial charge < -0.3 is 10.1 Å². The quantitative estimate of drug-likeness (QED) is 0.760. The van der Waals surface area contributed by atoms with Gasteiger partial charge in [-0.25, -0.2) is 0 Å². The zero-order valence-electron chi connectivity index (χ0n) is 15.0. The molecular weight excluding hydrogens is 350 g/mol. The van der Waals surface area contributed by atoms with Crippen molar-refractivity contribution in [3.05, 3.63) is 58.4 Å². The number of amides is 1. The fourth-order valence-corrected chi connectivity index (χ4v) is 4.04. The summed E-state index contributed by atoms with van der Waals surface area (Å²) in [5.41, 5.74) is 1.40. The average molecular weight is 373 g/mol.